The molecule has 202 valence electrons. The first kappa shape index (κ1) is 25.0. The van der Waals surface area contributed by atoms with Crippen molar-refractivity contribution in [3.05, 3.63) is 59.5 Å². The number of carbonyl (C=O) groups is 2. The summed E-state index contributed by atoms with van der Waals surface area (Å²) in [6.45, 7) is -0.283. The second-order valence-corrected chi connectivity index (χ2v) is 10.4. The standard InChI is InChI=1S/C26H23F4N7O2/c1-35-20-17-7-14(3-6-19(17)34-21(31)18(20)9-33-35)22(38)37(10-16-5-4-15(8-32-16)26(28,29)30)36(2)23(39)24-11-25(27,12-24)13-24/h3-9H,10-13H2,1-2H3,(H2,31,34). The summed E-state index contributed by atoms with van der Waals surface area (Å²) in [5.41, 5.74) is 4.45. The first-order chi connectivity index (χ1) is 18.3. The Balaban J connectivity index is 1.38. The fourth-order valence-electron chi connectivity index (χ4n) is 5.74. The first-order valence-corrected chi connectivity index (χ1v) is 12.1. The van der Waals surface area contributed by atoms with Crippen LogP contribution in [-0.2, 0) is 24.6 Å². The van der Waals surface area contributed by atoms with Crippen LogP contribution in [-0.4, -0.2) is 54.3 Å². The van der Waals surface area contributed by atoms with Gasteiger partial charge in [-0.05, 0) is 49.6 Å². The summed E-state index contributed by atoms with van der Waals surface area (Å²) in [6.07, 6.45) is -2.05. The van der Waals surface area contributed by atoms with Crippen molar-refractivity contribution in [1.29, 1.82) is 0 Å². The minimum atomic E-state index is -4.57. The molecule has 0 spiro atoms. The molecule has 2 amide bonds. The number of aryl methyl sites for hydroxylation is 1. The van der Waals surface area contributed by atoms with E-state index in [2.05, 4.69) is 15.1 Å². The van der Waals surface area contributed by atoms with E-state index in [9.17, 15) is 27.2 Å². The SMILES string of the molecule is CN(C(=O)C12CC(F)(C1)C2)N(Cc1ccc(C(F)(F)F)cn1)C(=O)c1ccc2nc(N)c3cnn(C)c3c2c1. The van der Waals surface area contributed by atoms with Gasteiger partial charge < -0.3 is 5.73 Å². The van der Waals surface area contributed by atoms with E-state index < -0.39 is 34.6 Å². The van der Waals surface area contributed by atoms with Gasteiger partial charge in [-0.25, -0.2) is 14.4 Å². The van der Waals surface area contributed by atoms with Gasteiger partial charge in [-0.1, -0.05) is 0 Å². The molecule has 13 heteroatoms. The first-order valence-electron chi connectivity index (χ1n) is 12.1. The van der Waals surface area contributed by atoms with Crippen molar-refractivity contribution in [2.45, 2.75) is 37.7 Å². The number of carbonyl (C=O) groups excluding carboxylic acids is 2. The molecule has 3 saturated carbocycles. The number of hydrogen-bond donors (Lipinski definition) is 1. The number of hydrogen-bond acceptors (Lipinski definition) is 6. The van der Waals surface area contributed by atoms with Gasteiger partial charge in [0, 0.05) is 31.2 Å². The number of benzene rings is 1. The molecule has 4 aromatic rings. The van der Waals surface area contributed by atoms with Crippen molar-refractivity contribution in [3.8, 4) is 0 Å². The van der Waals surface area contributed by atoms with Gasteiger partial charge in [-0.2, -0.15) is 18.3 Å². The minimum Gasteiger partial charge on any atom is -0.383 e. The van der Waals surface area contributed by atoms with Gasteiger partial charge in [0.15, 0.2) is 0 Å². The van der Waals surface area contributed by atoms with E-state index in [0.29, 0.717) is 28.0 Å². The molecule has 3 aromatic heterocycles. The lowest BCUT2D eigenvalue weighted by atomic mass is 9.42. The second kappa shape index (κ2) is 8.10. The molecule has 3 heterocycles. The monoisotopic (exact) mass is 541 g/mol. The molecule has 3 aliphatic rings. The number of nitrogen functional groups attached to an aromatic ring is 1. The van der Waals surface area contributed by atoms with Crippen LogP contribution in [0.4, 0.5) is 23.4 Å². The topological polar surface area (TPSA) is 110 Å². The lowest BCUT2D eigenvalue weighted by Crippen LogP contribution is -2.71. The molecule has 3 aliphatic carbocycles. The van der Waals surface area contributed by atoms with E-state index in [1.54, 1.807) is 30.1 Å². The van der Waals surface area contributed by atoms with Crippen LogP contribution in [0.15, 0.2) is 42.7 Å². The van der Waals surface area contributed by atoms with Crippen molar-refractivity contribution < 1.29 is 27.2 Å². The van der Waals surface area contributed by atoms with Gasteiger partial charge in [-0.3, -0.25) is 24.3 Å². The summed E-state index contributed by atoms with van der Waals surface area (Å²) in [4.78, 5) is 35.5. The van der Waals surface area contributed by atoms with E-state index in [0.717, 1.165) is 22.2 Å². The number of fused-ring (bicyclic) bond motifs is 3. The Labute approximate surface area is 219 Å². The number of nitrogens with zero attached hydrogens (tertiary/aromatic N) is 6. The fourth-order valence-corrected chi connectivity index (χ4v) is 5.74. The molecule has 9 nitrogen and oxygen atoms in total. The Bertz CT molecular complexity index is 1650. The Kier molecular flexibility index (Phi) is 5.20. The molecule has 0 radical (unpaired) electrons. The Hall–Kier alpha value is -4.29. The Morgan fingerprint density at radius 1 is 1.10 bits per heavy atom. The predicted molar refractivity (Wildman–Crippen MR) is 132 cm³/mol. The van der Waals surface area contributed by atoms with Crippen LogP contribution in [0.1, 0.15) is 40.9 Å². The number of aromatic nitrogens is 4. The minimum absolute atomic E-state index is 0.0886. The van der Waals surface area contributed by atoms with Gasteiger partial charge in [0.2, 0.25) is 5.91 Å². The zero-order valence-corrected chi connectivity index (χ0v) is 21.0. The van der Waals surface area contributed by atoms with Crippen molar-refractivity contribution in [2.24, 2.45) is 12.5 Å². The van der Waals surface area contributed by atoms with Crippen LogP contribution in [0.2, 0.25) is 0 Å². The molecule has 7 rings (SSSR count). The highest BCUT2D eigenvalue weighted by Gasteiger charge is 2.73. The van der Waals surface area contributed by atoms with Crippen molar-refractivity contribution in [2.75, 3.05) is 12.8 Å². The fraction of sp³-hybridized carbons (Fsp3) is 0.346. The largest absolute Gasteiger partial charge is 0.417 e. The van der Waals surface area contributed by atoms with Crippen LogP contribution >= 0.6 is 0 Å². The second-order valence-electron chi connectivity index (χ2n) is 10.4. The normalized spacial score (nSPS) is 21.9. The maximum Gasteiger partial charge on any atom is 0.417 e. The zero-order valence-electron chi connectivity index (χ0n) is 21.0. The molecule has 3 fully saturated rings. The molecular weight excluding hydrogens is 518 g/mol. The molecule has 0 unspecified atom stereocenters. The van der Waals surface area contributed by atoms with E-state index in [1.807, 2.05) is 0 Å². The quantitative estimate of drug-likeness (QED) is 0.309. The number of alkyl halides is 4. The average Bonchev–Trinajstić information content (AvgIpc) is 3.25. The number of halogens is 4. The maximum atomic E-state index is 14.2. The van der Waals surface area contributed by atoms with Crippen LogP contribution in [0.3, 0.4) is 0 Å². The lowest BCUT2D eigenvalue weighted by Gasteiger charge is -2.65. The highest BCUT2D eigenvalue weighted by Crippen LogP contribution is 2.70. The number of hydrazine groups is 1. The number of rotatable bonds is 4. The van der Waals surface area contributed by atoms with Crippen LogP contribution < -0.4 is 5.73 Å². The zero-order chi connectivity index (χ0) is 27.9. The van der Waals surface area contributed by atoms with Crippen molar-refractivity contribution >= 4 is 39.4 Å². The van der Waals surface area contributed by atoms with E-state index in [1.165, 1.54) is 13.1 Å². The molecule has 1 aromatic carbocycles. The number of nitrogens with two attached hydrogens (primary N) is 1. The van der Waals surface area contributed by atoms with E-state index in [4.69, 9.17) is 5.73 Å². The van der Waals surface area contributed by atoms with Gasteiger partial charge in [0.25, 0.3) is 5.91 Å². The third-order valence-corrected chi connectivity index (χ3v) is 7.73. The summed E-state index contributed by atoms with van der Waals surface area (Å²) in [6, 6.07) is 6.78. The Morgan fingerprint density at radius 3 is 2.44 bits per heavy atom. The number of anilines is 1. The molecule has 2 N–H and O–H groups in total. The molecular formula is C26H23F4N7O2. The smallest absolute Gasteiger partial charge is 0.383 e. The van der Waals surface area contributed by atoms with Crippen LogP contribution in [0.25, 0.3) is 21.8 Å². The predicted octanol–water partition coefficient (Wildman–Crippen LogP) is 4.03. The summed E-state index contributed by atoms with van der Waals surface area (Å²) in [5.74, 6) is -0.733. The van der Waals surface area contributed by atoms with Gasteiger partial charge >= 0.3 is 6.18 Å². The Morgan fingerprint density at radius 2 is 1.82 bits per heavy atom. The van der Waals surface area contributed by atoms with Crippen LogP contribution in [0, 0.1) is 5.41 Å². The van der Waals surface area contributed by atoms with Gasteiger partial charge in [-0.15, -0.1) is 0 Å². The summed E-state index contributed by atoms with van der Waals surface area (Å²) >= 11 is 0. The van der Waals surface area contributed by atoms with Gasteiger partial charge in [0.1, 0.15) is 11.5 Å². The summed E-state index contributed by atoms with van der Waals surface area (Å²) < 4.78 is 54.9. The average molecular weight is 542 g/mol. The third kappa shape index (κ3) is 3.86. The van der Waals surface area contributed by atoms with Crippen molar-refractivity contribution in [1.82, 2.24) is 29.8 Å². The molecule has 2 bridgehead atoms. The number of amides is 2. The van der Waals surface area contributed by atoms with Crippen molar-refractivity contribution in [3.63, 3.8) is 0 Å². The highest BCUT2D eigenvalue weighted by atomic mass is 19.4. The maximum absolute atomic E-state index is 14.2. The molecule has 39 heavy (non-hydrogen) atoms. The molecule has 0 atom stereocenters. The van der Waals surface area contributed by atoms with E-state index in [-0.39, 0.29) is 42.9 Å². The highest BCUT2D eigenvalue weighted by molar-refractivity contribution is 6.10. The van der Waals surface area contributed by atoms with Gasteiger partial charge in [0.05, 0.1) is 45.8 Å². The lowest BCUT2D eigenvalue weighted by molar-refractivity contribution is -0.228. The third-order valence-electron chi connectivity index (χ3n) is 7.73. The summed E-state index contributed by atoms with van der Waals surface area (Å²) in [5, 5.41) is 7.69. The van der Waals surface area contributed by atoms with E-state index >= 15 is 0 Å². The molecule has 0 saturated heterocycles. The number of pyridine rings is 2. The van der Waals surface area contributed by atoms with Crippen LogP contribution in [0.5, 0.6) is 0 Å². The molecule has 0 aliphatic heterocycles. The summed E-state index contributed by atoms with van der Waals surface area (Å²) in [7, 11) is 3.13.